The summed E-state index contributed by atoms with van der Waals surface area (Å²) in [6.45, 7) is 0.713. The molecule has 0 bridgehead atoms. The summed E-state index contributed by atoms with van der Waals surface area (Å²) in [5.74, 6) is 1.51. The Labute approximate surface area is 101 Å². The number of aldehydes is 1. The molecule has 0 aliphatic heterocycles. The summed E-state index contributed by atoms with van der Waals surface area (Å²) in [5, 5.41) is 0.512. The first-order chi connectivity index (χ1) is 7.79. The highest BCUT2D eigenvalue weighted by Crippen LogP contribution is 2.30. The van der Waals surface area contributed by atoms with Crippen LogP contribution in [0.1, 0.15) is 36.0 Å². The van der Waals surface area contributed by atoms with E-state index in [1.165, 1.54) is 19.3 Å². The lowest BCUT2D eigenvalue weighted by Gasteiger charge is -2.25. The topological polar surface area (TPSA) is 26.3 Å². The van der Waals surface area contributed by atoms with Gasteiger partial charge in [-0.15, -0.1) is 0 Å². The number of rotatable bonds is 5. The zero-order valence-electron chi connectivity index (χ0n) is 9.12. The van der Waals surface area contributed by atoms with Crippen LogP contribution < -0.4 is 4.74 Å². The van der Waals surface area contributed by atoms with Crippen molar-refractivity contribution >= 4 is 17.9 Å². The Kier molecular flexibility index (Phi) is 3.83. The molecule has 0 atom stereocenters. The fourth-order valence-corrected chi connectivity index (χ4v) is 2.07. The molecule has 1 fully saturated rings. The van der Waals surface area contributed by atoms with Crippen molar-refractivity contribution in [2.45, 2.75) is 25.7 Å². The summed E-state index contributed by atoms with van der Waals surface area (Å²) in [6, 6.07) is 5.11. The van der Waals surface area contributed by atoms with Crippen molar-refractivity contribution < 1.29 is 9.53 Å². The molecule has 0 saturated heterocycles. The number of hydrogen-bond donors (Lipinski definition) is 0. The van der Waals surface area contributed by atoms with Crippen molar-refractivity contribution in [3.8, 4) is 5.75 Å². The van der Waals surface area contributed by atoms with E-state index < -0.39 is 0 Å². The summed E-state index contributed by atoms with van der Waals surface area (Å²) >= 11 is 5.99. The van der Waals surface area contributed by atoms with Gasteiger partial charge in [0.2, 0.25) is 0 Å². The third-order valence-electron chi connectivity index (χ3n) is 3.10. The molecule has 16 heavy (non-hydrogen) atoms. The highest BCUT2D eigenvalue weighted by atomic mass is 35.5. The van der Waals surface area contributed by atoms with Gasteiger partial charge in [-0.25, -0.2) is 0 Å². The molecule has 1 aliphatic rings. The smallest absolute Gasteiger partial charge is 0.150 e. The Hall–Kier alpha value is -1.02. The zero-order chi connectivity index (χ0) is 11.4. The molecular weight excluding hydrogens is 224 g/mol. The maximum atomic E-state index is 10.5. The van der Waals surface area contributed by atoms with Crippen LogP contribution in [0.15, 0.2) is 18.2 Å². The Balaban J connectivity index is 1.85. The van der Waals surface area contributed by atoms with Crippen LogP contribution in [-0.4, -0.2) is 12.9 Å². The van der Waals surface area contributed by atoms with E-state index in [4.69, 9.17) is 16.3 Å². The molecule has 0 heterocycles. The minimum atomic E-state index is 0.512. The van der Waals surface area contributed by atoms with Gasteiger partial charge in [0.1, 0.15) is 12.0 Å². The second-order valence-electron chi connectivity index (χ2n) is 4.24. The van der Waals surface area contributed by atoms with Gasteiger partial charge in [0, 0.05) is 5.56 Å². The van der Waals surface area contributed by atoms with Crippen LogP contribution in [0, 0.1) is 5.92 Å². The number of hydrogen-bond acceptors (Lipinski definition) is 2. The predicted octanol–water partition coefficient (Wildman–Crippen LogP) is 3.72. The van der Waals surface area contributed by atoms with Gasteiger partial charge in [0.15, 0.2) is 0 Å². The third kappa shape index (κ3) is 2.76. The van der Waals surface area contributed by atoms with Crippen LogP contribution in [0.4, 0.5) is 0 Å². The van der Waals surface area contributed by atoms with Crippen molar-refractivity contribution in [2.24, 2.45) is 5.92 Å². The van der Waals surface area contributed by atoms with Gasteiger partial charge >= 0.3 is 0 Å². The fourth-order valence-electron chi connectivity index (χ4n) is 1.82. The van der Waals surface area contributed by atoms with Gasteiger partial charge in [0.05, 0.1) is 11.6 Å². The monoisotopic (exact) mass is 238 g/mol. The molecule has 86 valence electrons. The first-order valence-corrected chi connectivity index (χ1v) is 6.05. The Bertz CT molecular complexity index is 372. The summed E-state index contributed by atoms with van der Waals surface area (Å²) in [6.07, 6.45) is 5.91. The van der Waals surface area contributed by atoms with Crippen molar-refractivity contribution in [1.82, 2.24) is 0 Å². The number of benzene rings is 1. The molecule has 0 N–H and O–H groups in total. The first kappa shape index (κ1) is 11.5. The summed E-state index contributed by atoms with van der Waals surface area (Å²) < 4.78 is 5.59. The van der Waals surface area contributed by atoms with E-state index in [1.54, 1.807) is 18.2 Å². The van der Waals surface area contributed by atoms with E-state index in [2.05, 4.69) is 0 Å². The molecule has 0 radical (unpaired) electrons. The second kappa shape index (κ2) is 5.35. The van der Waals surface area contributed by atoms with Crippen molar-refractivity contribution in [1.29, 1.82) is 0 Å². The molecular formula is C13H15ClO2. The SMILES string of the molecule is O=Cc1ccc(OCCC2CCC2)c(Cl)c1. The Morgan fingerprint density at radius 1 is 1.44 bits per heavy atom. The minimum Gasteiger partial charge on any atom is -0.492 e. The average Bonchev–Trinajstić information content (AvgIpc) is 2.23. The van der Waals surface area contributed by atoms with Gasteiger partial charge in [0.25, 0.3) is 0 Å². The molecule has 1 aliphatic carbocycles. The molecule has 1 aromatic rings. The highest BCUT2D eigenvalue weighted by Gasteiger charge is 2.17. The average molecular weight is 239 g/mol. The maximum Gasteiger partial charge on any atom is 0.150 e. The summed E-state index contributed by atoms with van der Waals surface area (Å²) in [4.78, 5) is 10.5. The Morgan fingerprint density at radius 2 is 2.25 bits per heavy atom. The predicted molar refractivity (Wildman–Crippen MR) is 64.3 cm³/mol. The van der Waals surface area contributed by atoms with Gasteiger partial charge in [-0.3, -0.25) is 4.79 Å². The molecule has 3 heteroatoms. The number of ether oxygens (including phenoxy) is 1. The van der Waals surface area contributed by atoms with E-state index in [1.807, 2.05) is 0 Å². The molecule has 0 aromatic heterocycles. The molecule has 1 aromatic carbocycles. The number of carbonyl (C=O) groups excluding carboxylic acids is 1. The van der Waals surface area contributed by atoms with Crippen LogP contribution in [0.25, 0.3) is 0 Å². The fraction of sp³-hybridized carbons (Fsp3) is 0.462. The molecule has 0 spiro atoms. The first-order valence-electron chi connectivity index (χ1n) is 5.67. The number of halogens is 1. The van der Waals surface area contributed by atoms with Gasteiger partial charge in [-0.1, -0.05) is 30.9 Å². The third-order valence-corrected chi connectivity index (χ3v) is 3.40. The van der Waals surface area contributed by atoms with E-state index in [9.17, 15) is 4.79 Å². The molecule has 2 nitrogen and oxygen atoms in total. The van der Waals surface area contributed by atoms with Gasteiger partial charge in [-0.2, -0.15) is 0 Å². The zero-order valence-corrected chi connectivity index (χ0v) is 9.87. The minimum absolute atomic E-state index is 0.512. The van der Waals surface area contributed by atoms with Crippen molar-refractivity contribution in [3.63, 3.8) is 0 Å². The van der Waals surface area contributed by atoms with E-state index in [0.29, 0.717) is 22.9 Å². The van der Waals surface area contributed by atoms with Gasteiger partial charge in [-0.05, 0) is 30.5 Å². The van der Waals surface area contributed by atoms with Gasteiger partial charge < -0.3 is 4.74 Å². The lowest BCUT2D eigenvalue weighted by Crippen LogP contribution is -2.14. The molecule has 1 saturated carbocycles. The molecule has 0 amide bonds. The summed E-state index contributed by atoms with van der Waals surface area (Å²) in [5.41, 5.74) is 0.580. The number of carbonyl (C=O) groups is 1. The van der Waals surface area contributed by atoms with Crippen molar-refractivity contribution in [3.05, 3.63) is 28.8 Å². The van der Waals surface area contributed by atoms with Crippen LogP contribution in [0.3, 0.4) is 0 Å². The van der Waals surface area contributed by atoms with Crippen molar-refractivity contribution in [2.75, 3.05) is 6.61 Å². The van der Waals surface area contributed by atoms with E-state index in [0.717, 1.165) is 18.6 Å². The summed E-state index contributed by atoms with van der Waals surface area (Å²) in [7, 11) is 0. The van der Waals surface area contributed by atoms with Crippen LogP contribution in [-0.2, 0) is 0 Å². The normalized spacial score (nSPS) is 15.6. The molecule has 2 rings (SSSR count). The van der Waals surface area contributed by atoms with Crippen LogP contribution in [0.2, 0.25) is 5.02 Å². The Morgan fingerprint density at radius 3 is 2.81 bits per heavy atom. The second-order valence-corrected chi connectivity index (χ2v) is 4.65. The maximum absolute atomic E-state index is 10.5. The quantitative estimate of drug-likeness (QED) is 0.731. The van der Waals surface area contributed by atoms with Crippen LogP contribution in [0.5, 0.6) is 5.75 Å². The van der Waals surface area contributed by atoms with Crippen LogP contribution >= 0.6 is 11.6 Å². The van der Waals surface area contributed by atoms with E-state index >= 15 is 0 Å². The molecule has 0 unspecified atom stereocenters. The lowest BCUT2D eigenvalue weighted by molar-refractivity contribution is 0.112. The largest absolute Gasteiger partial charge is 0.492 e. The standard InChI is InChI=1S/C13H15ClO2/c14-12-8-11(9-15)4-5-13(12)16-7-6-10-2-1-3-10/h4-5,8-10H,1-3,6-7H2. The lowest BCUT2D eigenvalue weighted by atomic mass is 9.83. The van der Waals surface area contributed by atoms with E-state index in [-0.39, 0.29) is 0 Å². The highest BCUT2D eigenvalue weighted by molar-refractivity contribution is 6.32.